The number of phenolic OH excluding ortho intramolecular Hbond substituents is 1. The third-order valence-electron chi connectivity index (χ3n) is 3.57. The van der Waals surface area contributed by atoms with Crippen LogP contribution in [0.4, 0.5) is 5.69 Å². The van der Waals surface area contributed by atoms with E-state index >= 15 is 0 Å². The van der Waals surface area contributed by atoms with Crippen LogP contribution >= 0.6 is 0 Å². The zero-order chi connectivity index (χ0) is 14.5. The summed E-state index contributed by atoms with van der Waals surface area (Å²) in [6.07, 6.45) is 0.882. The minimum atomic E-state index is -0.0915. The van der Waals surface area contributed by atoms with Gasteiger partial charge in [0.2, 0.25) is 0 Å². The second-order valence-electron chi connectivity index (χ2n) is 4.98. The lowest BCUT2D eigenvalue weighted by Gasteiger charge is -2.21. The molecule has 0 radical (unpaired) electrons. The lowest BCUT2D eigenvalue weighted by Crippen LogP contribution is -2.35. The highest BCUT2D eigenvalue weighted by molar-refractivity contribution is 5.95. The summed E-state index contributed by atoms with van der Waals surface area (Å²) in [5.41, 5.74) is 6.26. The summed E-state index contributed by atoms with van der Waals surface area (Å²) >= 11 is 0. The zero-order valence-corrected chi connectivity index (χ0v) is 11.5. The van der Waals surface area contributed by atoms with Crippen molar-refractivity contribution < 1.29 is 15.0 Å². The third kappa shape index (κ3) is 3.40. The zero-order valence-electron chi connectivity index (χ0n) is 11.5. The molecule has 1 aromatic carbocycles. The molecule has 1 amide bonds. The fraction of sp³-hybridized carbons (Fsp3) is 0.500. The van der Waals surface area contributed by atoms with Crippen LogP contribution in [-0.4, -0.2) is 65.3 Å². The molecule has 0 aromatic heterocycles. The Balaban J connectivity index is 2.03. The van der Waals surface area contributed by atoms with Crippen molar-refractivity contribution in [1.82, 2.24) is 9.80 Å². The first-order valence-electron chi connectivity index (χ1n) is 6.83. The lowest BCUT2D eigenvalue weighted by molar-refractivity contribution is 0.0760. The van der Waals surface area contributed by atoms with E-state index in [1.165, 1.54) is 6.07 Å². The number of phenols is 1. The monoisotopic (exact) mass is 279 g/mol. The van der Waals surface area contributed by atoms with Gasteiger partial charge in [-0.15, -0.1) is 0 Å². The number of aromatic hydroxyl groups is 1. The Kier molecular flexibility index (Phi) is 4.81. The summed E-state index contributed by atoms with van der Waals surface area (Å²) in [6, 6.07) is 4.58. The third-order valence-corrected chi connectivity index (χ3v) is 3.57. The molecule has 0 atom stereocenters. The predicted octanol–water partition coefficient (Wildman–Crippen LogP) is 0.115. The van der Waals surface area contributed by atoms with Gasteiger partial charge in [-0.2, -0.15) is 0 Å². The molecular formula is C14H21N3O3. The van der Waals surface area contributed by atoms with Gasteiger partial charge in [-0.05, 0) is 31.2 Å². The normalized spacial score (nSPS) is 16.9. The maximum Gasteiger partial charge on any atom is 0.254 e. The fourth-order valence-corrected chi connectivity index (χ4v) is 2.40. The number of carbonyl (C=O) groups excluding carboxylic acids is 1. The first kappa shape index (κ1) is 14.6. The van der Waals surface area contributed by atoms with Crippen LogP contribution in [0.3, 0.4) is 0 Å². The van der Waals surface area contributed by atoms with Gasteiger partial charge in [-0.1, -0.05) is 0 Å². The van der Waals surface area contributed by atoms with E-state index in [-0.39, 0.29) is 24.0 Å². The van der Waals surface area contributed by atoms with Crippen LogP contribution in [0.15, 0.2) is 18.2 Å². The van der Waals surface area contributed by atoms with Crippen LogP contribution < -0.4 is 5.73 Å². The Labute approximate surface area is 118 Å². The van der Waals surface area contributed by atoms with Crippen molar-refractivity contribution in [2.75, 3.05) is 45.1 Å². The standard InChI is InChI=1S/C14H21N3O3/c15-12-3-2-11(10-13(12)19)14(20)17-5-1-4-16(6-7-17)8-9-18/h2-3,10,18-19H,1,4-9,15H2. The van der Waals surface area contributed by atoms with Gasteiger partial charge in [-0.25, -0.2) is 0 Å². The van der Waals surface area contributed by atoms with Gasteiger partial charge in [0.25, 0.3) is 5.91 Å². The number of aliphatic hydroxyl groups excluding tert-OH is 1. The van der Waals surface area contributed by atoms with Gasteiger partial charge in [0.15, 0.2) is 0 Å². The van der Waals surface area contributed by atoms with Gasteiger partial charge in [0, 0.05) is 31.7 Å². The largest absolute Gasteiger partial charge is 0.506 e. The molecule has 1 saturated heterocycles. The highest BCUT2D eigenvalue weighted by atomic mass is 16.3. The second-order valence-corrected chi connectivity index (χ2v) is 4.98. The molecule has 1 aromatic rings. The molecule has 20 heavy (non-hydrogen) atoms. The summed E-state index contributed by atoms with van der Waals surface area (Å²) < 4.78 is 0. The molecule has 6 heteroatoms. The molecular weight excluding hydrogens is 258 g/mol. The molecule has 1 aliphatic rings. The van der Waals surface area contributed by atoms with E-state index in [1.807, 2.05) is 0 Å². The number of nitrogens with two attached hydrogens (primary N) is 1. The Morgan fingerprint density at radius 2 is 2.05 bits per heavy atom. The maximum atomic E-state index is 12.4. The topological polar surface area (TPSA) is 90.0 Å². The Morgan fingerprint density at radius 1 is 1.25 bits per heavy atom. The van der Waals surface area contributed by atoms with Crippen molar-refractivity contribution in [3.63, 3.8) is 0 Å². The molecule has 0 unspecified atom stereocenters. The summed E-state index contributed by atoms with van der Waals surface area (Å²) in [6.45, 7) is 3.74. The Hall–Kier alpha value is -1.79. The molecule has 1 aliphatic heterocycles. The number of benzene rings is 1. The van der Waals surface area contributed by atoms with E-state index in [4.69, 9.17) is 10.8 Å². The summed E-state index contributed by atoms with van der Waals surface area (Å²) in [5.74, 6) is -0.154. The van der Waals surface area contributed by atoms with Gasteiger partial charge >= 0.3 is 0 Å². The number of anilines is 1. The Bertz CT molecular complexity index is 479. The molecule has 2 rings (SSSR count). The van der Waals surface area contributed by atoms with Gasteiger partial charge in [-0.3, -0.25) is 9.69 Å². The summed E-state index contributed by atoms with van der Waals surface area (Å²) in [5, 5.41) is 18.5. The minimum absolute atomic E-state index is 0.0624. The number of β-amino-alcohol motifs (C(OH)–C–C–N with tert-alkyl or cyclic N) is 1. The van der Waals surface area contributed by atoms with E-state index in [2.05, 4.69) is 4.90 Å². The van der Waals surface area contributed by atoms with E-state index in [1.54, 1.807) is 17.0 Å². The maximum absolute atomic E-state index is 12.4. The summed E-state index contributed by atoms with van der Waals surface area (Å²) in [7, 11) is 0. The molecule has 0 saturated carbocycles. The van der Waals surface area contributed by atoms with Crippen molar-refractivity contribution in [3.05, 3.63) is 23.8 Å². The van der Waals surface area contributed by atoms with Gasteiger partial charge < -0.3 is 20.8 Å². The molecule has 1 heterocycles. The van der Waals surface area contributed by atoms with Gasteiger partial charge in [0.1, 0.15) is 5.75 Å². The minimum Gasteiger partial charge on any atom is -0.506 e. The van der Waals surface area contributed by atoms with Crippen molar-refractivity contribution >= 4 is 11.6 Å². The van der Waals surface area contributed by atoms with Crippen LogP contribution in [-0.2, 0) is 0 Å². The number of hydrogen-bond donors (Lipinski definition) is 3. The number of carbonyl (C=O) groups is 1. The predicted molar refractivity (Wildman–Crippen MR) is 76.6 cm³/mol. The highest BCUT2D eigenvalue weighted by Crippen LogP contribution is 2.21. The smallest absolute Gasteiger partial charge is 0.254 e. The number of hydrogen-bond acceptors (Lipinski definition) is 5. The molecule has 110 valence electrons. The van der Waals surface area contributed by atoms with Crippen LogP contribution in [0.1, 0.15) is 16.8 Å². The number of aliphatic hydroxyl groups is 1. The fourth-order valence-electron chi connectivity index (χ4n) is 2.40. The van der Waals surface area contributed by atoms with Crippen LogP contribution in [0.2, 0.25) is 0 Å². The first-order chi connectivity index (χ1) is 9.61. The van der Waals surface area contributed by atoms with E-state index in [9.17, 15) is 9.90 Å². The Morgan fingerprint density at radius 3 is 2.75 bits per heavy atom. The molecule has 1 fully saturated rings. The molecule has 4 N–H and O–H groups in total. The van der Waals surface area contributed by atoms with E-state index in [0.717, 1.165) is 19.5 Å². The van der Waals surface area contributed by atoms with Crippen LogP contribution in [0.5, 0.6) is 5.75 Å². The molecule has 6 nitrogen and oxygen atoms in total. The van der Waals surface area contributed by atoms with E-state index < -0.39 is 0 Å². The SMILES string of the molecule is Nc1ccc(C(=O)N2CCCN(CCO)CC2)cc1O. The second kappa shape index (κ2) is 6.58. The highest BCUT2D eigenvalue weighted by Gasteiger charge is 2.20. The lowest BCUT2D eigenvalue weighted by atomic mass is 10.1. The number of nitrogen functional groups attached to an aromatic ring is 1. The quantitative estimate of drug-likeness (QED) is 0.540. The number of nitrogens with zero attached hydrogens (tertiary/aromatic N) is 2. The first-order valence-corrected chi connectivity index (χ1v) is 6.83. The number of amides is 1. The van der Waals surface area contributed by atoms with Crippen molar-refractivity contribution in [2.45, 2.75) is 6.42 Å². The van der Waals surface area contributed by atoms with Crippen molar-refractivity contribution in [2.24, 2.45) is 0 Å². The van der Waals surface area contributed by atoms with Crippen LogP contribution in [0.25, 0.3) is 0 Å². The average molecular weight is 279 g/mol. The number of rotatable bonds is 3. The van der Waals surface area contributed by atoms with E-state index in [0.29, 0.717) is 25.2 Å². The summed E-state index contributed by atoms with van der Waals surface area (Å²) in [4.78, 5) is 16.3. The van der Waals surface area contributed by atoms with Crippen molar-refractivity contribution in [1.29, 1.82) is 0 Å². The van der Waals surface area contributed by atoms with Gasteiger partial charge in [0.05, 0.1) is 12.3 Å². The van der Waals surface area contributed by atoms with Crippen LogP contribution in [0, 0.1) is 0 Å². The molecule has 0 spiro atoms. The average Bonchev–Trinajstić information content (AvgIpc) is 2.67. The molecule has 0 aliphatic carbocycles. The molecule has 0 bridgehead atoms. The van der Waals surface area contributed by atoms with Crippen molar-refractivity contribution in [3.8, 4) is 5.75 Å².